The molecule has 1 N–H and O–H groups in total. The van der Waals surface area contributed by atoms with Gasteiger partial charge in [0.1, 0.15) is 17.7 Å². The second-order valence-electron chi connectivity index (χ2n) is 4.26. The summed E-state index contributed by atoms with van der Waals surface area (Å²) in [5, 5.41) is 1.09. The minimum absolute atomic E-state index is 0.677. The lowest BCUT2D eigenvalue weighted by Gasteiger charge is -1.99. The highest BCUT2D eigenvalue weighted by atomic mass is 15.0. The summed E-state index contributed by atoms with van der Waals surface area (Å²) in [7, 11) is 0. The van der Waals surface area contributed by atoms with E-state index in [0.29, 0.717) is 5.65 Å². The third-order valence-corrected chi connectivity index (χ3v) is 3.04. The van der Waals surface area contributed by atoms with E-state index >= 15 is 0 Å². The number of pyridine rings is 1. The van der Waals surface area contributed by atoms with Crippen molar-refractivity contribution in [1.29, 1.82) is 0 Å². The van der Waals surface area contributed by atoms with Crippen molar-refractivity contribution < 1.29 is 0 Å². The standard InChI is InChI=1S/C14H9N5/c1-2-9-6-10(3-4-11(9)16-5-1)13-18-12-7-15-8-17-14(12)19-13/h1-8H,(H,15,17,18,19). The van der Waals surface area contributed by atoms with E-state index < -0.39 is 0 Å². The van der Waals surface area contributed by atoms with Gasteiger partial charge < -0.3 is 4.98 Å². The maximum absolute atomic E-state index is 4.46. The van der Waals surface area contributed by atoms with Crippen LogP contribution in [0.4, 0.5) is 0 Å². The van der Waals surface area contributed by atoms with Gasteiger partial charge in [-0.2, -0.15) is 0 Å². The van der Waals surface area contributed by atoms with Crippen LogP contribution >= 0.6 is 0 Å². The number of rotatable bonds is 1. The molecule has 4 rings (SSSR count). The average molecular weight is 247 g/mol. The summed E-state index contributed by atoms with van der Waals surface area (Å²) in [6.45, 7) is 0. The van der Waals surface area contributed by atoms with Crippen molar-refractivity contribution in [3.05, 3.63) is 49.1 Å². The molecule has 0 saturated carbocycles. The van der Waals surface area contributed by atoms with Crippen LogP contribution in [-0.4, -0.2) is 24.9 Å². The van der Waals surface area contributed by atoms with E-state index in [-0.39, 0.29) is 0 Å². The summed E-state index contributed by atoms with van der Waals surface area (Å²) in [5.74, 6) is 0.793. The second kappa shape index (κ2) is 3.84. The van der Waals surface area contributed by atoms with Gasteiger partial charge in [0.15, 0.2) is 5.65 Å². The van der Waals surface area contributed by atoms with Gasteiger partial charge in [-0.1, -0.05) is 6.07 Å². The van der Waals surface area contributed by atoms with E-state index in [1.165, 1.54) is 6.33 Å². The lowest BCUT2D eigenvalue weighted by Crippen LogP contribution is -1.82. The summed E-state index contributed by atoms with van der Waals surface area (Å²) >= 11 is 0. The Morgan fingerprint density at radius 2 is 2.05 bits per heavy atom. The number of aromatic amines is 1. The Balaban J connectivity index is 1.93. The molecule has 5 heteroatoms. The third-order valence-electron chi connectivity index (χ3n) is 3.04. The average Bonchev–Trinajstić information content (AvgIpc) is 2.90. The highest BCUT2D eigenvalue weighted by Crippen LogP contribution is 2.22. The molecule has 5 nitrogen and oxygen atoms in total. The first-order valence-electron chi connectivity index (χ1n) is 5.91. The first kappa shape index (κ1) is 10.1. The van der Waals surface area contributed by atoms with Gasteiger partial charge in [-0.3, -0.25) is 4.98 Å². The van der Waals surface area contributed by atoms with E-state index in [1.54, 1.807) is 12.4 Å². The molecular weight excluding hydrogens is 238 g/mol. The van der Waals surface area contributed by atoms with Crippen molar-refractivity contribution in [3.63, 3.8) is 0 Å². The molecule has 0 aliphatic carbocycles. The summed E-state index contributed by atoms with van der Waals surface area (Å²) in [4.78, 5) is 20.1. The zero-order valence-corrected chi connectivity index (χ0v) is 9.91. The van der Waals surface area contributed by atoms with Crippen LogP contribution in [0.15, 0.2) is 49.1 Å². The minimum Gasteiger partial charge on any atom is -0.335 e. The molecule has 3 heterocycles. The molecule has 3 aromatic heterocycles. The minimum atomic E-state index is 0.677. The molecule has 0 amide bonds. The number of aromatic nitrogens is 5. The summed E-state index contributed by atoms with van der Waals surface area (Å²) in [5.41, 5.74) is 3.50. The van der Waals surface area contributed by atoms with Crippen LogP contribution in [-0.2, 0) is 0 Å². The van der Waals surface area contributed by atoms with Crippen molar-refractivity contribution in [2.24, 2.45) is 0 Å². The highest BCUT2D eigenvalue weighted by molar-refractivity contribution is 5.84. The third kappa shape index (κ3) is 1.63. The van der Waals surface area contributed by atoms with Gasteiger partial charge in [0.2, 0.25) is 0 Å². The SMILES string of the molecule is c1cnc2ccc(-c3nc4ncncc4[nH]3)cc2c1. The molecule has 0 saturated heterocycles. The fraction of sp³-hybridized carbons (Fsp3) is 0. The smallest absolute Gasteiger partial charge is 0.181 e. The van der Waals surface area contributed by atoms with Gasteiger partial charge in [-0.05, 0) is 24.3 Å². The number of nitrogens with zero attached hydrogens (tertiary/aromatic N) is 4. The molecule has 90 valence electrons. The molecule has 1 aromatic carbocycles. The number of imidazole rings is 1. The Bertz CT molecular complexity index is 848. The van der Waals surface area contributed by atoms with Crippen LogP contribution in [0, 0.1) is 0 Å². The zero-order chi connectivity index (χ0) is 12.7. The summed E-state index contributed by atoms with van der Waals surface area (Å²) < 4.78 is 0. The molecule has 0 bridgehead atoms. The van der Waals surface area contributed by atoms with Crippen LogP contribution < -0.4 is 0 Å². The molecule has 0 unspecified atom stereocenters. The number of nitrogens with one attached hydrogen (secondary N) is 1. The predicted octanol–water partition coefficient (Wildman–Crippen LogP) is 2.57. The highest BCUT2D eigenvalue weighted by Gasteiger charge is 2.06. The van der Waals surface area contributed by atoms with Crippen molar-refractivity contribution in [1.82, 2.24) is 24.9 Å². The van der Waals surface area contributed by atoms with E-state index in [1.807, 2.05) is 24.3 Å². The van der Waals surface area contributed by atoms with Crippen molar-refractivity contribution >= 4 is 22.1 Å². The Kier molecular flexibility index (Phi) is 2.05. The van der Waals surface area contributed by atoms with Crippen LogP contribution in [0.5, 0.6) is 0 Å². The van der Waals surface area contributed by atoms with Crippen molar-refractivity contribution in [2.45, 2.75) is 0 Å². The summed E-state index contributed by atoms with van der Waals surface area (Å²) in [6, 6.07) is 10.0. The Labute approximate surface area is 108 Å². The van der Waals surface area contributed by atoms with Gasteiger partial charge in [-0.15, -0.1) is 0 Å². The van der Waals surface area contributed by atoms with E-state index in [9.17, 15) is 0 Å². The first-order chi connectivity index (χ1) is 9.40. The second-order valence-corrected chi connectivity index (χ2v) is 4.26. The largest absolute Gasteiger partial charge is 0.335 e. The lowest BCUT2D eigenvalue weighted by molar-refractivity contribution is 1.20. The topological polar surface area (TPSA) is 67.3 Å². The van der Waals surface area contributed by atoms with Crippen molar-refractivity contribution in [3.8, 4) is 11.4 Å². The molecule has 4 aromatic rings. The normalized spacial score (nSPS) is 11.2. The predicted molar refractivity (Wildman–Crippen MR) is 72.4 cm³/mol. The molecule has 0 spiro atoms. The fourth-order valence-corrected chi connectivity index (χ4v) is 2.12. The summed E-state index contributed by atoms with van der Waals surface area (Å²) in [6.07, 6.45) is 5.01. The Morgan fingerprint density at radius 1 is 1.05 bits per heavy atom. The van der Waals surface area contributed by atoms with Gasteiger partial charge in [0.25, 0.3) is 0 Å². The Hall–Kier alpha value is -2.82. The van der Waals surface area contributed by atoms with Crippen LogP contribution in [0.1, 0.15) is 0 Å². The van der Waals surface area contributed by atoms with E-state index in [4.69, 9.17) is 0 Å². The van der Waals surface area contributed by atoms with E-state index in [2.05, 4.69) is 31.0 Å². The van der Waals surface area contributed by atoms with Crippen LogP contribution in [0.25, 0.3) is 33.5 Å². The van der Waals surface area contributed by atoms with Crippen LogP contribution in [0.3, 0.4) is 0 Å². The van der Waals surface area contributed by atoms with Gasteiger partial charge in [-0.25, -0.2) is 15.0 Å². The van der Waals surface area contributed by atoms with Gasteiger partial charge >= 0.3 is 0 Å². The quantitative estimate of drug-likeness (QED) is 0.561. The van der Waals surface area contributed by atoms with Crippen molar-refractivity contribution in [2.75, 3.05) is 0 Å². The van der Waals surface area contributed by atoms with E-state index in [0.717, 1.165) is 27.8 Å². The molecule has 0 atom stereocenters. The maximum atomic E-state index is 4.46. The molecule has 0 aliphatic heterocycles. The molecular formula is C14H9N5. The Morgan fingerprint density at radius 3 is 3.00 bits per heavy atom. The zero-order valence-electron chi connectivity index (χ0n) is 9.91. The van der Waals surface area contributed by atoms with Gasteiger partial charge in [0.05, 0.1) is 11.7 Å². The monoisotopic (exact) mass is 247 g/mol. The molecule has 0 aliphatic rings. The molecule has 19 heavy (non-hydrogen) atoms. The number of fused-ring (bicyclic) bond motifs is 2. The lowest BCUT2D eigenvalue weighted by atomic mass is 10.1. The molecule has 0 radical (unpaired) electrons. The molecule has 0 fully saturated rings. The number of benzene rings is 1. The fourth-order valence-electron chi connectivity index (χ4n) is 2.12. The number of hydrogen-bond donors (Lipinski definition) is 1. The number of hydrogen-bond acceptors (Lipinski definition) is 4. The first-order valence-corrected chi connectivity index (χ1v) is 5.91. The number of H-pyrrole nitrogens is 1. The van der Waals surface area contributed by atoms with Gasteiger partial charge in [0, 0.05) is 17.1 Å². The van der Waals surface area contributed by atoms with Crippen LogP contribution in [0.2, 0.25) is 0 Å². The maximum Gasteiger partial charge on any atom is 0.181 e.